The van der Waals surface area contributed by atoms with Gasteiger partial charge in [0.15, 0.2) is 0 Å². The highest BCUT2D eigenvalue weighted by atomic mass is 16.6. The number of amides is 1. The first kappa shape index (κ1) is 17.6. The molecule has 0 aliphatic heterocycles. The quantitative estimate of drug-likeness (QED) is 0.544. The maximum absolute atomic E-state index is 12.2. The van der Waals surface area contributed by atoms with Crippen molar-refractivity contribution >= 4 is 22.5 Å². The van der Waals surface area contributed by atoms with Crippen LogP contribution in [0, 0.1) is 17.0 Å². The number of nitro groups is 1. The fraction of sp³-hybridized carbons (Fsp3) is 0.211. The standard InChI is InChI=1S/C19H19N3O4/c1-12-9-15(4-5-16(12)22(25)26)19(24)20-11-18(23)14-3-6-17-13(10-14)7-8-21(17)2/h3-10,18,23H,11H2,1-2H3,(H,20,24). The van der Waals surface area contributed by atoms with Gasteiger partial charge >= 0.3 is 0 Å². The third-order valence-electron chi connectivity index (χ3n) is 4.41. The summed E-state index contributed by atoms with van der Waals surface area (Å²) in [6, 6.07) is 11.8. The summed E-state index contributed by atoms with van der Waals surface area (Å²) >= 11 is 0. The average Bonchev–Trinajstić information content (AvgIpc) is 2.99. The molecule has 2 N–H and O–H groups in total. The van der Waals surface area contributed by atoms with E-state index in [0.717, 1.165) is 10.9 Å². The number of carbonyl (C=O) groups excluding carboxylic acids is 1. The molecule has 7 heteroatoms. The monoisotopic (exact) mass is 353 g/mol. The highest BCUT2D eigenvalue weighted by molar-refractivity contribution is 5.94. The molecule has 1 amide bonds. The minimum absolute atomic E-state index is 0.0299. The molecule has 2 aromatic carbocycles. The summed E-state index contributed by atoms with van der Waals surface area (Å²) in [5.74, 6) is -0.386. The lowest BCUT2D eigenvalue weighted by Gasteiger charge is -2.13. The van der Waals surface area contributed by atoms with Crippen molar-refractivity contribution in [2.75, 3.05) is 6.54 Å². The van der Waals surface area contributed by atoms with Gasteiger partial charge in [-0.05, 0) is 48.2 Å². The number of aliphatic hydroxyl groups excluding tert-OH is 1. The van der Waals surface area contributed by atoms with Gasteiger partial charge in [-0.1, -0.05) is 6.07 Å². The van der Waals surface area contributed by atoms with Crippen LogP contribution in [0.5, 0.6) is 0 Å². The minimum Gasteiger partial charge on any atom is -0.387 e. The number of aliphatic hydroxyl groups is 1. The molecule has 0 saturated heterocycles. The Morgan fingerprint density at radius 1 is 1.27 bits per heavy atom. The van der Waals surface area contributed by atoms with Gasteiger partial charge in [-0.3, -0.25) is 14.9 Å². The lowest BCUT2D eigenvalue weighted by Crippen LogP contribution is -2.28. The number of benzene rings is 2. The number of aryl methyl sites for hydroxylation is 2. The van der Waals surface area contributed by atoms with Crippen LogP contribution in [-0.4, -0.2) is 27.0 Å². The Labute approximate surface area is 150 Å². The maximum Gasteiger partial charge on any atom is 0.272 e. The van der Waals surface area contributed by atoms with Crippen molar-refractivity contribution in [2.24, 2.45) is 7.05 Å². The molecular weight excluding hydrogens is 334 g/mol. The predicted molar refractivity (Wildman–Crippen MR) is 98.0 cm³/mol. The number of aromatic nitrogens is 1. The molecule has 1 unspecified atom stereocenters. The summed E-state index contributed by atoms with van der Waals surface area (Å²) in [5.41, 5.74) is 2.48. The summed E-state index contributed by atoms with van der Waals surface area (Å²) < 4.78 is 1.99. The molecule has 1 heterocycles. The molecule has 0 aliphatic rings. The first-order chi connectivity index (χ1) is 12.4. The molecule has 0 saturated carbocycles. The van der Waals surface area contributed by atoms with Crippen molar-refractivity contribution in [1.82, 2.24) is 9.88 Å². The zero-order valence-electron chi connectivity index (χ0n) is 14.5. The largest absolute Gasteiger partial charge is 0.387 e. The predicted octanol–water partition coefficient (Wildman–Crippen LogP) is 2.86. The second-order valence-corrected chi connectivity index (χ2v) is 6.23. The second kappa shape index (κ2) is 6.97. The van der Waals surface area contributed by atoms with Crippen molar-refractivity contribution in [3.63, 3.8) is 0 Å². The topological polar surface area (TPSA) is 97.4 Å². The van der Waals surface area contributed by atoms with Crippen LogP contribution in [0.15, 0.2) is 48.7 Å². The number of carbonyl (C=O) groups is 1. The van der Waals surface area contributed by atoms with Crippen LogP contribution < -0.4 is 5.32 Å². The van der Waals surface area contributed by atoms with Crippen LogP contribution in [0.3, 0.4) is 0 Å². The smallest absolute Gasteiger partial charge is 0.272 e. The number of fused-ring (bicyclic) bond motifs is 1. The van der Waals surface area contributed by atoms with Crippen molar-refractivity contribution in [3.8, 4) is 0 Å². The van der Waals surface area contributed by atoms with E-state index < -0.39 is 11.0 Å². The average molecular weight is 353 g/mol. The van der Waals surface area contributed by atoms with Crippen LogP contribution in [-0.2, 0) is 7.05 Å². The van der Waals surface area contributed by atoms with Gasteiger partial charge in [-0.2, -0.15) is 0 Å². The molecule has 7 nitrogen and oxygen atoms in total. The zero-order chi connectivity index (χ0) is 18.8. The third kappa shape index (κ3) is 3.43. The van der Waals surface area contributed by atoms with Crippen molar-refractivity contribution in [1.29, 1.82) is 0 Å². The Morgan fingerprint density at radius 2 is 2.04 bits per heavy atom. The van der Waals surface area contributed by atoms with Gasteiger partial charge in [0.05, 0.1) is 11.0 Å². The number of nitrogens with one attached hydrogen (secondary N) is 1. The van der Waals surface area contributed by atoms with Crippen LogP contribution in [0.4, 0.5) is 5.69 Å². The van der Waals surface area contributed by atoms with Crippen LogP contribution in [0.1, 0.15) is 27.6 Å². The number of nitrogens with zero attached hydrogens (tertiary/aromatic N) is 2. The van der Waals surface area contributed by atoms with E-state index in [4.69, 9.17) is 0 Å². The zero-order valence-corrected chi connectivity index (χ0v) is 14.5. The molecule has 0 radical (unpaired) electrons. The molecule has 0 spiro atoms. The lowest BCUT2D eigenvalue weighted by atomic mass is 10.1. The molecule has 1 aromatic heterocycles. The maximum atomic E-state index is 12.2. The van der Waals surface area contributed by atoms with Gasteiger partial charge in [-0.15, -0.1) is 0 Å². The number of rotatable bonds is 5. The summed E-state index contributed by atoms with van der Waals surface area (Å²) in [7, 11) is 1.95. The molecule has 1 atom stereocenters. The highest BCUT2D eigenvalue weighted by Gasteiger charge is 2.15. The van der Waals surface area contributed by atoms with E-state index in [-0.39, 0.29) is 18.1 Å². The molecule has 0 aliphatic carbocycles. The first-order valence-corrected chi connectivity index (χ1v) is 8.13. The van der Waals surface area contributed by atoms with Gasteiger partial charge < -0.3 is 15.0 Å². The second-order valence-electron chi connectivity index (χ2n) is 6.23. The summed E-state index contributed by atoms with van der Waals surface area (Å²) in [6.45, 7) is 1.63. The molecule has 26 heavy (non-hydrogen) atoms. The van der Waals surface area contributed by atoms with E-state index in [1.165, 1.54) is 18.2 Å². The van der Waals surface area contributed by atoms with Gasteiger partial charge in [0.25, 0.3) is 11.6 Å². The van der Waals surface area contributed by atoms with E-state index >= 15 is 0 Å². The molecule has 3 aromatic rings. The van der Waals surface area contributed by atoms with E-state index in [2.05, 4.69) is 5.32 Å². The summed E-state index contributed by atoms with van der Waals surface area (Å²) in [6.07, 6.45) is 1.10. The molecule has 134 valence electrons. The van der Waals surface area contributed by atoms with E-state index in [1.54, 1.807) is 6.92 Å². The number of hydrogen-bond donors (Lipinski definition) is 2. The van der Waals surface area contributed by atoms with Crippen LogP contribution >= 0.6 is 0 Å². The van der Waals surface area contributed by atoms with Crippen molar-refractivity contribution < 1.29 is 14.8 Å². The Balaban J connectivity index is 1.68. The van der Waals surface area contributed by atoms with Crippen LogP contribution in [0.2, 0.25) is 0 Å². The highest BCUT2D eigenvalue weighted by Crippen LogP contribution is 2.21. The number of hydrogen-bond acceptors (Lipinski definition) is 4. The van der Waals surface area contributed by atoms with Crippen LogP contribution in [0.25, 0.3) is 10.9 Å². The Hall–Kier alpha value is -3.19. The van der Waals surface area contributed by atoms with E-state index in [9.17, 15) is 20.0 Å². The molecule has 3 rings (SSSR count). The van der Waals surface area contributed by atoms with Gasteiger partial charge in [-0.25, -0.2) is 0 Å². The molecular formula is C19H19N3O4. The SMILES string of the molecule is Cc1cc(C(=O)NCC(O)c2ccc3c(ccn3C)c2)ccc1[N+](=O)[O-]. The lowest BCUT2D eigenvalue weighted by molar-refractivity contribution is -0.385. The Kier molecular flexibility index (Phi) is 4.73. The van der Waals surface area contributed by atoms with Gasteiger partial charge in [0.2, 0.25) is 0 Å². The van der Waals surface area contributed by atoms with Crippen molar-refractivity contribution in [2.45, 2.75) is 13.0 Å². The summed E-state index contributed by atoms with van der Waals surface area (Å²) in [5, 5.41) is 24.9. The fourth-order valence-electron chi connectivity index (χ4n) is 2.92. The van der Waals surface area contributed by atoms with E-state index in [0.29, 0.717) is 16.7 Å². The Morgan fingerprint density at radius 3 is 2.73 bits per heavy atom. The molecule has 0 bridgehead atoms. The van der Waals surface area contributed by atoms with Crippen molar-refractivity contribution in [3.05, 3.63) is 75.5 Å². The summed E-state index contributed by atoms with van der Waals surface area (Å²) in [4.78, 5) is 22.6. The first-order valence-electron chi connectivity index (χ1n) is 8.13. The van der Waals surface area contributed by atoms with Gasteiger partial charge in [0.1, 0.15) is 0 Å². The van der Waals surface area contributed by atoms with E-state index in [1.807, 2.05) is 42.1 Å². The minimum atomic E-state index is -0.845. The normalized spacial score (nSPS) is 12.1. The fourth-order valence-corrected chi connectivity index (χ4v) is 2.92. The Bertz CT molecular complexity index is 994. The van der Waals surface area contributed by atoms with Gasteiger partial charge in [0, 0.05) is 42.5 Å². The number of nitro benzene ring substituents is 1. The third-order valence-corrected chi connectivity index (χ3v) is 4.41. The molecule has 0 fully saturated rings.